The molecule has 0 aromatic rings. The van der Waals surface area contributed by atoms with E-state index in [2.05, 4.69) is 4.90 Å². The van der Waals surface area contributed by atoms with E-state index in [0.717, 1.165) is 39.0 Å². The second kappa shape index (κ2) is 6.83. The van der Waals surface area contributed by atoms with Crippen LogP contribution in [0.15, 0.2) is 0 Å². The normalized spacial score (nSPS) is 25.1. The number of ether oxygens (including phenoxy) is 1. The van der Waals surface area contributed by atoms with Gasteiger partial charge in [-0.25, -0.2) is 4.79 Å². The zero-order chi connectivity index (χ0) is 15.5. The summed E-state index contributed by atoms with van der Waals surface area (Å²) in [6.45, 7) is 6.69. The minimum atomic E-state index is 0.155. The molecule has 3 fully saturated rings. The number of rotatable bonds is 3. The van der Waals surface area contributed by atoms with Crippen LogP contribution in [0.4, 0.5) is 4.79 Å². The van der Waals surface area contributed by atoms with Gasteiger partial charge in [0.25, 0.3) is 0 Å². The number of carbonyl (C=O) groups excluding carboxylic acids is 2. The minimum absolute atomic E-state index is 0.155. The Morgan fingerprint density at radius 1 is 1.09 bits per heavy atom. The molecule has 0 saturated carbocycles. The molecule has 0 aromatic heterocycles. The third-order valence-electron chi connectivity index (χ3n) is 4.97. The number of urea groups is 1. The highest BCUT2D eigenvalue weighted by Gasteiger charge is 2.34. The number of hydrogen-bond donors (Lipinski definition) is 0. The Balaban J connectivity index is 1.43. The van der Waals surface area contributed by atoms with Crippen molar-refractivity contribution >= 4 is 11.9 Å². The first-order valence-corrected chi connectivity index (χ1v) is 8.25. The number of hydrogen-bond acceptors (Lipinski definition) is 4. The summed E-state index contributed by atoms with van der Waals surface area (Å²) in [5.74, 6) is 0.207. The molecule has 3 amide bonds. The van der Waals surface area contributed by atoms with E-state index in [-0.39, 0.29) is 11.9 Å². The number of carbonyl (C=O) groups is 2. The predicted molar refractivity (Wildman–Crippen MR) is 81.6 cm³/mol. The molecule has 22 heavy (non-hydrogen) atoms. The van der Waals surface area contributed by atoms with E-state index in [4.69, 9.17) is 4.74 Å². The van der Waals surface area contributed by atoms with Crippen LogP contribution >= 0.6 is 0 Å². The smallest absolute Gasteiger partial charge is 0.320 e. The lowest BCUT2D eigenvalue weighted by Crippen LogP contribution is -2.50. The van der Waals surface area contributed by atoms with Gasteiger partial charge in [0, 0.05) is 52.4 Å². The Labute approximate surface area is 131 Å². The van der Waals surface area contributed by atoms with Gasteiger partial charge in [-0.3, -0.25) is 9.69 Å². The predicted octanol–water partition coefficient (Wildman–Crippen LogP) is -0.323. The SMILES string of the molecule is CN1CCN(C2CCN(CC(=O)N3CCOCC3)CC2)C1=O. The second-order valence-electron chi connectivity index (χ2n) is 6.40. The molecule has 3 rings (SSSR count). The van der Waals surface area contributed by atoms with Crippen LogP contribution in [-0.2, 0) is 9.53 Å². The molecule has 0 N–H and O–H groups in total. The summed E-state index contributed by atoms with van der Waals surface area (Å²) in [7, 11) is 1.86. The lowest BCUT2D eigenvalue weighted by molar-refractivity contribution is -0.136. The van der Waals surface area contributed by atoms with Crippen molar-refractivity contribution in [3.05, 3.63) is 0 Å². The summed E-state index contributed by atoms with van der Waals surface area (Å²) in [5.41, 5.74) is 0. The molecular formula is C15H26N4O3. The highest BCUT2D eigenvalue weighted by atomic mass is 16.5. The fourth-order valence-electron chi connectivity index (χ4n) is 3.50. The van der Waals surface area contributed by atoms with Crippen LogP contribution in [0.3, 0.4) is 0 Å². The summed E-state index contributed by atoms with van der Waals surface area (Å²) in [6, 6.07) is 0.495. The highest BCUT2D eigenvalue weighted by molar-refractivity contribution is 5.78. The molecule has 0 radical (unpaired) electrons. The fourth-order valence-corrected chi connectivity index (χ4v) is 3.50. The highest BCUT2D eigenvalue weighted by Crippen LogP contribution is 2.20. The lowest BCUT2D eigenvalue weighted by Gasteiger charge is -2.37. The maximum atomic E-state index is 12.3. The third-order valence-corrected chi connectivity index (χ3v) is 4.97. The van der Waals surface area contributed by atoms with Gasteiger partial charge in [0.15, 0.2) is 0 Å². The molecule has 3 heterocycles. The molecule has 3 saturated heterocycles. The van der Waals surface area contributed by atoms with E-state index in [0.29, 0.717) is 38.9 Å². The van der Waals surface area contributed by atoms with Crippen molar-refractivity contribution < 1.29 is 14.3 Å². The summed E-state index contributed by atoms with van der Waals surface area (Å²) in [5, 5.41) is 0. The Bertz CT molecular complexity index is 417. The average Bonchev–Trinajstić information content (AvgIpc) is 2.89. The van der Waals surface area contributed by atoms with Crippen molar-refractivity contribution in [1.82, 2.24) is 19.6 Å². The van der Waals surface area contributed by atoms with Crippen LogP contribution in [0.2, 0.25) is 0 Å². The molecule has 7 heteroatoms. The number of amides is 3. The van der Waals surface area contributed by atoms with Gasteiger partial charge in [0.05, 0.1) is 19.8 Å². The molecule has 124 valence electrons. The van der Waals surface area contributed by atoms with Crippen molar-refractivity contribution in [2.75, 3.05) is 66.1 Å². The van der Waals surface area contributed by atoms with Crippen LogP contribution in [0.1, 0.15) is 12.8 Å². The van der Waals surface area contributed by atoms with E-state index in [1.165, 1.54) is 0 Å². The fraction of sp³-hybridized carbons (Fsp3) is 0.867. The number of likely N-dealkylation sites (N-methyl/N-ethyl adjacent to an activating group) is 1. The first-order valence-electron chi connectivity index (χ1n) is 8.25. The van der Waals surface area contributed by atoms with Gasteiger partial charge in [-0.15, -0.1) is 0 Å². The molecule has 0 aromatic carbocycles. The van der Waals surface area contributed by atoms with E-state index in [1.807, 2.05) is 16.8 Å². The van der Waals surface area contributed by atoms with Gasteiger partial charge in [-0.1, -0.05) is 0 Å². The molecule has 0 spiro atoms. The maximum Gasteiger partial charge on any atom is 0.320 e. The van der Waals surface area contributed by atoms with Crippen molar-refractivity contribution in [3.63, 3.8) is 0 Å². The topological polar surface area (TPSA) is 56.3 Å². The summed E-state index contributed by atoms with van der Waals surface area (Å²) in [6.07, 6.45) is 1.94. The van der Waals surface area contributed by atoms with Crippen molar-refractivity contribution in [3.8, 4) is 0 Å². The van der Waals surface area contributed by atoms with Crippen LogP contribution in [0.5, 0.6) is 0 Å². The molecule has 3 aliphatic heterocycles. The molecular weight excluding hydrogens is 284 g/mol. The van der Waals surface area contributed by atoms with Crippen LogP contribution in [-0.4, -0.2) is 104 Å². The van der Waals surface area contributed by atoms with Gasteiger partial charge < -0.3 is 19.4 Å². The quantitative estimate of drug-likeness (QED) is 0.717. The van der Waals surface area contributed by atoms with Crippen molar-refractivity contribution in [2.24, 2.45) is 0 Å². The Morgan fingerprint density at radius 3 is 2.36 bits per heavy atom. The maximum absolute atomic E-state index is 12.3. The molecule has 3 aliphatic rings. The van der Waals surface area contributed by atoms with Gasteiger partial charge in [-0.05, 0) is 12.8 Å². The van der Waals surface area contributed by atoms with E-state index in [9.17, 15) is 9.59 Å². The number of likely N-dealkylation sites (tertiary alicyclic amines) is 1. The van der Waals surface area contributed by atoms with Gasteiger partial charge >= 0.3 is 6.03 Å². The molecule has 7 nitrogen and oxygen atoms in total. The first kappa shape index (κ1) is 15.6. The van der Waals surface area contributed by atoms with Crippen LogP contribution in [0.25, 0.3) is 0 Å². The Kier molecular flexibility index (Phi) is 4.83. The third kappa shape index (κ3) is 3.35. The molecule has 0 unspecified atom stereocenters. The molecule has 0 aliphatic carbocycles. The van der Waals surface area contributed by atoms with Crippen molar-refractivity contribution in [1.29, 1.82) is 0 Å². The van der Waals surface area contributed by atoms with E-state index < -0.39 is 0 Å². The Morgan fingerprint density at radius 2 is 1.77 bits per heavy atom. The number of nitrogens with zero attached hydrogens (tertiary/aromatic N) is 4. The zero-order valence-electron chi connectivity index (χ0n) is 13.4. The average molecular weight is 310 g/mol. The summed E-state index contributed by atoms with van der Waals surface area (Å²) >= 11 is 0. The largest absolute Gasteiger partial charge is 0.378 e. The number of piperidine rings is 1. The molecule has 0 bridgehead atoms. The van der Waals surface area contributed by atoms with Crippen LogP contribution in [0, 0.1) is 0 Å². The first-order chi connectivity index (χ1) is 10.6. The minimum Gasteiger partial charge on any atom is -0.378 e. The van der Waals surface area contributed by atoms with E-state index in [1.54, 1.807) is 4.90 Å². The monoisotopic (exact) mass is 310 g/mol. The van der Waals surface area contributed by atoms with Gasteiger partial charge in [0.1, 0.15) is 0 Å². The lowest BCUT2D eigenvalue weighted by atomic mass is 10.0. The van der Waals surface area contributed by atoms with Gasteiger partial charge in [0.2, 0.25) is 5.91 Å². The second-order valence-corrected chi connectivity index (χ2v) is 6.40. The Hall–Kier alpha value is -1.34. The van der Waals surface area contributed by atoms with Crippen molar-refractivity contribution in [2.45, 2.75) is 18.9 Å². The summed E-state index contributed by atoms with van der Waals surface area (Å²) in [4.78, 5) is 32.2. The van der Waals surface area contributed by atoms with Gasteiger partial charge in [-0.2, -0.15) is 0 Å². The zero-order valence-corrected chi connectivity index (χ0v) is 13.4. The standard InChI is InChI=1S/C15H26N4O3/c1-16-6-7-19(15(16)21)13-2-4-17(5-3-13)12-14(20)18-8-10-22-11-9-18/h13H,2-12H2,1H3. The summed E-state index contributed by atoms with van der Waals surface area (Å²) < 4.78 is 5.28. The molecule has 0 atom stereocenters. The number of morpholine rings is 1. The van der Waals surface area contributed by atoms with Crippen LogP contribution < -0.4 is 0 Å². The van der Waals surface area contributed by atoms with E-state index >= 15 is 0 Å².